The van der Waals surface area contributed by atoms with E-state index in [0.717, 1.165) is 13.0 Å². The Morgan fingerprint density at radius 1 is 1.30 bits per heavy atom. The van der Waals surface area contributed by atoms with E-state index in [4.69, 9.17) is 0 Å². The van der Waals surface area contributed by atoms with Crippen LogP contribution in [0.4, 0.5) is 0 Å². The summed E-state index contributed by atoms with van der Waals surface area (Å²) in [6.45, 7) is 5.24. The molecule has 3 nitrogen and oxygen atoms in total. The Morgan fingerprint density at radius 3 is 2.60 bits per heavy atom. The quantitative estimate of drug-likeness (QED) is 0.733. The number of amides is 1. The van der Waals surface area contributed by atoms with Crippen LogP contribution in [0.25, 0.3) is 0 Å². The normalized spacial score (nSPS) is 28.0. The molecule has 2 unspecified atom stereocenters. The van der Waals surface area contributed by atoms with Crippen LogP contribution in [0, 0.1) is 11.8 Å². The first-order chi connectivity index (χ1) is 9.65. The smallest absolute Gasteiger partial charge is 0.241 e. The lowest BCUT2D eigenvalue weighted by molar-refractivity contribution is -0.131. The molecule has 2 rings (SSSR count). The third-order valence-corrected chi connectivity index (χ3v) is 5.44. The van der Waals surface area contributed by atoms with Crippen molar-refractivity contribution in [2.45, 2.75) is 64.6 Å². The molecule has 4 heteroatoms. The third kappa shape index (κ3) is 3.70. The van der Waals surface area contributed by atoms with Gasteiger partial charge in [0.15, 0.2) is 0 Å². The average molecular weight is 298 g/mol. The zero-order valence-electron chi connectivity index (χ0n) is 13.2. The predicted octanol–water partition coefficient (Wildman–Crippen LogP) is 3.10. The Hall–Kier alpha value is -0.220. The van der Waals surface area contributed by atoms with E-state index in [-0.39, 0.29) is 6.04 Å². The van der Waals surface area contributed by atoms with Crippen LogP contribution in [0.15, 0.2) is 0 Å². The van der Waals surface area contributed by atoms with Gasteiger partial charge in [0.2, 0.25) is 5.91 Å². The molecule has 0 aromatic carbocycles. The fourth-order valence-corrected chi connectivity index (χ4v) is 4.07. The highest BCUT2D eigenvalue weighted by atomic mass is 32.2. The number of hydrogen-bond donors (Lipinski definition) is 1. The van der Waals surface area contributed by atoms with Gasteiger partial charge in [-0.2, -0.15) is 11.8 Å². The van der Waals surface area contributed by atoms with Crippen molar-refractivity contribution in [1.82, 2.24) is 10.2 Å². The summed E-state index contributed by atoms with van der Waals surface area (Å²) in [5.41, 5.74) is 0. The van der Waals surface area contributed by atoms with Crippen molar-refractivity contribution >= 4 is 17.7 Å². The number of carbonyl (C=O) groups excluding carboxylic acids is 1. The Balaban J connectivity index is 1.96. The zero-order chi connectivity index (χ0) is 14.5. The van der Waals surface area contributed by atoms with Gasteiger partial charge in [0, 0.05) is 6.54 Å². The molecule has 20 heavy (non-hydrogen) atoms. The minimum Gasteiger partial charge on any atom is -0.326 e. The summed E-state index contributed by atoms with van der Waals surface area (Å²) in [6, 6.07) is 0.0427. The second kappa shape index (κ2) is 7.69. The van der Waals surface area contributed by atoms with E-state index in [1.54, 1.807) is 0 Å². The van der Waals surface area contributed by atoms with Crippen molar-refractivity contribution in [3.63, 3.8) is 0 Å². The maximum absolute atomic E-state index is 12.6. The second-order valence-electron chi connectivity index (χ2n) is 6.61. The Labute approximate surface area is 128 Å². The summed E-state index contributed by atoms with van der Waals surface area (Å²) >= 11 is 1.90. The maximum atomic E-state index is 12.6. The van der Waals surface area contributed by atoms with Gasteiger partial charge in [-0.3, -0.25) is 10.1 Å². The van der Waals surface area contributed by atoms with Gasteiger partial charge >= 0.3 is 0 Å². The highest BCUT2D eigenvalue weighted by Crippen LogP contribution is 2.33. The van der Waals surface area contributed by atoms with E-state index in [0.29, 0.717) is 23.9 Å². The topological polar surface area (TPSA) is 32.3 Å². The summed E-state index contributed by atoms with van der Waals surface area (Å²) in [5.74, 6) is 2.63. The van der Waals surface area contributed by atoms with Crippen LogP contribution in [0.1, 0.15) is 52.4 Å². The van der Waals surface area contributed by atoms with Gasteiger partial charge in [0.25, 0.3) is 0 Å². The molecule has 0 aromatic heterocycles. The second-order valence-corrected chi connectivity index (χ2v) is 7.59. The molecule has 0 radical (unpaired) electrons. The minimum absolute atomic E-state index is 0.0427. The Kier molecular flexibility index (Phi) is 6.21. The third-order valence-electron chi connectivity index (χ3n) is 4.75. The van der Waals surface area contributed by atoms with Crippen molar-refractivity contribution < 1.29 is 4.79 Å². The number of carbonyl (C=O) groups is 1. The molecule has 1 saturated heterocycles. The molecule has 1 N–H and O–H groups in total. The van der Waals surface area contributed by atoms with Crippen LogP contribution in [0.3, 0.4) is 0 Å². The molecule has 1 aliphatic carbocycles. The lowest BCUT2D eigenvalue weighted by atomic mass is 10.0. The molecule has 1 saturated carbocycles. The zero-order valence-corrected chi connectivity index (χ0v) is 14.0. The highest BCUT2D eigenvalue weighted by Gasteiger charge is 2.43. The van der Waals surface area contributed by atoms with Gasteiger partial charge < -0.3 is 4.90 Å². The molecule has 0 bridgehead atoms. The van der Waals surface area contributed by atoms with E-state index in [9.17, 15) is 4.79 Å². The van der Waals surface area contributed by atoms with E-state index in [1.165, 1.54) is 37.9 Å². The van der Waals surface area contributed by atoms with Crippen molar-refractivity contribution in [3.05, 3.63) is 0 Å². The van der Waals surface area contributed by atoms with Crippen LogP contribution in [0.5, 0.6) is 0 Å². The summed E-state index contributed by atoms with van der Waals surface area (Å²) in [4.78, 5) is 14.8. The molecular formula is C16H30N2OS. The monoisotopic (exact) mass is 298 g/mol. The van der Waals surface area contributed by atoms with Crippen molar-refractivity contribution in [2.75, 3.05) is 18.6 Å². The molecule has 0 aromatic rings. The number of hydrogen-bond acceptors (Lipinski definition) is 3. The number of nitrogens with zero attached hydrogens (tertiary/aromatic N) is 1. The summed E-state index contributed by atoms with van der Waals surface area (Å²) < 4.78 is 0. The molecule has 0 spiro atoms. The molecule has 1 aliphatic heterocycles. The number of nitrogens with one attached hydrogen (secondary N) is 1. The predicted molar refractivity (Wildman–Crippen MR) is 86.8 cm³/mol. The van der Waals surface area contributed by atoms with Crippen LogP contribution in [0.2, 0.25) is 0 Å². The first-order valence-corrected chi connectivity index (χ1v) is 9.60. The highest BCUT2D eigenvalue weighted by molar-refractivity contribution is 7.98. The van der Waals surface area contributed by atoms with Gasteiger partial charge in [0.05, 0.1) is 12.2 Å². The maximum Gasteiger partial charge on any atom is 0.241 e. The first-order valence-electron chi connectivity index (χ1n) is 8.20. The summed E-state index contributed by atoms with van der Waals surface area (Å²) in [6.07, 6.45) is 10.1. The van der Waals surface area contributed by atoms with Crippen LogP contribution in [-0.2, 0) is 4.79 Å². The number of thioether (sulfide) groups is 1. The Bertz CT molecular complexity index is 316. The molecule has 1 amide bonds. The fourth-order valence-electron chi connectivity index (χ4n) is 3.58. The SMILES string of the molecule is CSCCCCN1C(=O)C(C(C)C)NC1C1CCCC1. The molecule has 1 heterocycles. The minimum atomic E-state index is 0.0427. The van der Waals surface area contributed by atoms with Gasteiger partial charge in [0.1, 0.15) is 0 Å². The summed E-state index contributed by atoms with van der Waals surface area (Å²) in [5, 5.41) is 3.64. The first kappa shape index (κ1) is 16.2. The Morgan fingerprint density at radius 2 is 2.00 bits per heavy atom. The standard InChI is InChI=1S/C16H30N2OS/c1-12(2)14-16(19)18(10-6-7-11-20-3)15(17-14)13-8-4-5-9-13/h12-15,17H,4-11H2,1-3H3. The molecule has 2 fully saturated rings. The lowest BCUT2D eigenvalue weighted by Gasteiger charge is -2.29. The number of rotatable bonds is 7. The van der Waals surface area contributed by atoms with Gasteiger partial charge in [-0.1, -0.05) is 26.7 Å². The van der Waals surface area contributed by atoms with E-state index < -0.39 is 0 Å². The molecule has 116 valence electrons. The summed E-state index contributed by atoms with van der Waals surface area (Å²) in [7, 11) is 0. The van der Waals surface area contributed by atoms with Crippen LogP contribution >= 0.6 is 11.8 Å². The van der Waals surface area contributed by atoms with Gasteiger partial charge in [-0.15, -0.1) is 0 Å². The van der Waals surface area contributed by atoms with Crippen molar-refractivity contribution in [2.24, 2.45) is 11.8 Å². The largest absolute Gasteiger partial charge is 0.326 e. The van der Waals surface area contributed by atoms with Gasteiger partial charge in [-0.05, 0) is 49.5 Å². The lowest BCUT2D eigenvalue weighted by Crippen LogP contribution is -2.43. The number of unbranched alkanes of at least 4 members (excludes halogenated alkanes) is 1. The van der Waals surface area contributed by atoms with Gasteiger partial charge in [-0.25, -0.2) is 0 Å². The molecular weight excluding hydrogens is 268 g/mol. The molecule has 2 atom stereocenters. The van der Waals surface area contributed by atoms with E-state index >= 15 is 0 Å². The van der Waals surface area contributed by atoms with Crippen molar-refractivity contribution in [1.29, 1.82) is 0 Å². The molecule has 2 aliphatic rings. The fraction of sp³-hybridized carbons (Fsp3) is 0.938. The van der Waals surface area contributed by atoms with Crippen LogP contribution < -0.4 is 5.32 Å². The van der Waals surface area contributed by atoms with E-state index in [1.807, 2.05) is 11.8 Å². The van der Waals surface area contributed by atoms with E-state index in [2.05, 4.69) is 30.3 Å². The van der Waals surface area contributed by atoms with Crippen LogP contribution in [-0.4, -0.2) is 41.6 Å². The average Bonchev–Trinajstić information content (AvgIpc) is 3.03. The van der Waals surface area contributed by atoms with Crippen molar-refractivity contribution in [3.8, 4) is 0 Å².